The van der Waals surface area contributed by atoms with Crippen molar-refractivity contribution in [2.45, 2.75) is 258 Å². The molecule has 0 aliphatic heterocycles. The maximum atomic E-state index is 12.8. The number of carbonyl (C=O) groups excluding carboxylic acids is 3. The summed E-state index contributed by atoms with van der Waals surface area (Å²) in [4.78, 5) is 37.9. The lowest BCUT2D eigenvalue weighted by Crippen LogP contribution is -2.30. The first-order valence-electron chi connectivity index (χ1n) is 25.1. The maximum absolute atomic E-state index is 12.8. The molecule has 342 valence electrons. The molecular weight excluding hydrogens is 733 g/mol. The smallest absolute Gasteiger partial charge is 0.306 e. The van der Waals surface area contributed by atoms with Crippen LogP contribution in [0.25, 0.3) is 0 Å². The van der Waals surface area contributed by atoms with Crippen molar-refractivity contribution in [3.63, 3.8) is 0 Å². The zero-order valence-electron chi connectivity index (χ0n) is 39.0. The van der Waals surface area contributed by atoms with Gasteiger partial charge in [0.15, 0.2) is 6.10 Å². The molecule has 0 saturated carbocycles. The van der Waals surface area contributed by atoms with E-state index >= 15 is 0 Å². The second-order valence-electron chi connectivity index (χ2n) is 16.7. The number of ether oxygens (including phenoxy) is 3. The number of esters is 3. The molecule has 0 fully saturated rings. The van der Waals surface area contributed by atoms with Crippen molar-refractivity contribution < 1.29 is 28.6 Å². The van der Waals surface area contributed by atoms with E-state index in [0.29, 0.717) is 19.3 Å². The monoisotopic (exact) mass is 827 g/mol. The second-order valence-corrected chi connectivity index (χ2v) is 16.7. The summed E-state index contributed by atoms with van der Waals surface area (Å²) >= 11 is 0. The number of unbranched alkanes of at least 4 members (excludes halogenated alkanes) is 26. The molecule has 0 unspecified atom stereocenters. The van der Waals surface area contributed by atoms with Crippen LogP contribution in [-0.2, 0) is 28.6 Å². The lowest BCUT2D eigenvalue weighted by molar-refractivity contribution is -0.167. The highest BCUT2D eigenvalue weighted by molar-refractivity contribution is 5.71. The number of carbonyl (C=O) groups is 3. The van der Waals surface area contributed by atoms with E-state index in [9.17, 15) is 14.4 Å². The van der Waals surface area contributed by atoms with Gasteiger partial charge >= 0.3 is 17.9 Å². The summed E-state index contributed by atoms with van der Waals surface area (Å²) in [6.07, 6.45) is 56.6. The number of rotatable bonds is 45. The van der Waals surface area contributed by atoms with E-state index in [0.717, 1.165) is 96.3 Å². The highest BCUT2D eigenvalue weighted by atomic mass is 16.6. The molecule has 0 bridgehead atoms. The Morgan fingerprint density at radius 1 is 0.339 bits per heavy atom. The van der Waals surface area contributed by atoms with Gasteiger partial charge in [0.1, 0.15) is 13.2 Å². The molecule has 0 amide bonds. The summed E-state index contributed by atoms with van der Waals surface area (Å²) in [5.41, 5.74) is 0. The third-order valence-electron chi connectivity index (χ3n) is 10.8. The molecule has 59 heavy (non-hydrogen) atoms. The van der Waals surface area contributed by atoms with E-state index in [1.54, 1.807) is 0 Å². The van der Waals surface area contributed by atoms with Crippen LogP contribution in [0, 0.1) is 0 Å². The fraction of sp³-hybridized carbons (Fsp3) is 0.792. The molecule has 0 aliphatic carbocycles. The van der Waals surface area contributed by atoms with E-state index < -0.39 is 6.10 Å². The van der Waals surface area contributed by atoms with Gasteiger partial charge < -0.3 is 14.2 Å². The van der Waals surface area contributed by atoms with Gasteiger partial charge in [-0.2, -0.15) is 0 Å². The molecule has 6 nitrogen and oxygen atoms in total. The first-order chi connectivity index (χ1) is 29.0. The molecular formula is C53H94O6. The van der Waals surface area contributed by atoms with Crippen molar-refractivity contribution in [3.8, 4) is 0 Å². The average molecular weight is 827 g/mol. The molecule has 0 heterocycles. The Bertz CT molecular complexity index is 1040. The Balaban J connectivity index is 4.40. The first kappa shape index (κ1) is 56.4. The highest BCUT2D eigenvalue weighted by Crippen LogP contribution is 2.14. The van der Waals surface area contributed by atoms with Crippen LogP contribution in [0.1, 0.15) is 252 Å². The standard InChI is InChI=1S/C53H94O6/c1-4-7-10-13-16-19-22-24-25-26-27-29-31-34-37-40-43-46-52(55)58-49-50(48-57-51(54)45-42-39-36-33-30-21-18-15-12-9-6-3)59-53(56)47-44-41-38-35-32-28-23-20-17-14-11-8-5-2/h16,19-20,23-25,27,29,50H,4-15,17-18,21-22,26,28,30-49H2,1-3H3/b19-16-,23-20-,25-24-,29-27-/t50-/m0/s1. The van der Waals surface area contributed by atoms with Crippen LogP contribution in [0.3, 0.4) is 0 Å². The van der Waals surface area contributed by atoms with Crippen LogP contribution in [0.2, 0.25) is 0 Å². The Morgan fingerprint density at radius 3 is 1.02 bits per heavy atom. The molecule has 0 aromatic carbocycles. The quantitative estimate of drug-likeness (QED) is 0.0263. The number of hydrogen-bond acceptors (Lipinski definition) is 6. The molecule has 0 rings (SSSR count). The molecule has 0 radical (unpaired) electrons. The predicted octanol–water partition coefficient (Wildman–Crippen LogP) is 16.3. The molecule has 1 atom stereocenters. The van der Waals surface area contributed by atoms with Gasteiger partial charge in [-0.3, -0.25) is 14.4 Å². The fourth-order valence-electron chi connectivity index (χ4n) is 6.97. The van der Waals surface area contributed by atoms with Crippen LogP contribution >= 0.6 is 0 Å². The molecule has 0 aromatic rings. The van der Waals surface area contributed by atoms with Crippen LogP contribution in [-0.4, -0.2) is 37.2 Å². The average Bonchev–Trinajstić information content (AvgIpc) is 3.23. The van der Waals surface area contributed by atoms with Crippen LogP contribution < -0.4 is 0 Å². The van der Waals surface area contributed by atoms with Crippen LogP contribution in [0.15, 0.2) is 48.6 Å². The Labute approximate surface area is 365 Å². The summed E-state index contributed by atoms with van der Waals surface area (Å²) in [5, 5.41) is 0. The fourth-order valence-corrected chi connectivity index (χ4v) is 6.97. The minimum atomic E-state index is -0.782. The van der Waals surface area contributed by atoms with Gasteiger partial charge in [-0.05, 0) is 83.5 Å². The van der Waals surface area contributed by atoms with Gasteiger partial charge in [0.25, 0.3) is 0 Å². The van der Waals surface area contributed by atoms with E-state index in [1.165, 1.54) is 116 Å². The van der Waals surface area contributed by atoms with E-state index in [1.807, 2.05) is 0 Å². The van der Waals surface area contributed by atoms with E-state index in [2.05, 4.69) is 69.4 Å². The topological polar surface area (TPSA) is 78.9 Å². The van der Waals surface area contributed by atoms with Crippen LogP contribution in [0.5, 0.6) is 0 Å². The van der Waals surface area contributed by atoms with Crippen molar-refractivity contribution in [1.29, 1.82) is 0 Å². The normalized spacial score (nSPS) is 12.4. The van der Waals surface area contributed by atoms with E-state index in [4.69, 9.17) is 14.2 Å². The van der Waals surface area contributed by atoms with Crippen molar-refractivity contribution >= 4 is 17.9 Å². The van der Waals surface area contributed by atoms with E-state index in [-0.39, 0.29) is 31.1 Å². The molecule has 0 saturated heterocycles. The Hall–Kier alpha value is -2.63. The second kappa shape index (κ2) is 48.0. The SMILES string of the molecule is CCCCC/C=C\C/C=C\C/C=C\CCCCCCC(=O)OC[C@H](COC(=O)CCCCCCCCCCCCC)OC(=O)CCCCCCC/C=C\CCCCCC. The van der Waals surface area contributed by atoms with Gasteiger partial charge in [0, 0.05) is 19.3 Å². The van der Waals surface area contributed by atoms with Gasteiger partial charge in [-0.25, -0.2) is 0 Å². The Kier molecular flexibility index (Phi) is 45.9. The van der Waals surface area contributed by atoms with Crippen molar-refractivity contribution in [2.24, 2.45) is 0 Å². The van der Waals surface area contributed by atoms with Crippen molar-refractivity contribution in [3.05, 3.63) is 48.6 Å². The zero-order chi connectivity index (χ0) is 43.0. The third-order valence-corrected chi connectivity index (χ3v) is 10.8. The summed E-state index contributed by atoms with van der Waals surface area (Å²) in [6, 6.07) is 0. The van der Waals surface area contributed by atoms with Crippen molar-refractivity contribution in [2.75, 3.05) is 13.2 Å². The summed E-state index contributed by atoms with van der Waals surface area (Å²) < 4.78 is 16.7. The lowest BCUT2D eigenvalue weighted by Gasteiger charge is -2.18. The summed E-state index contributed by atoms with van der Waals surface area (Å²) in [5.74, 6) is -0.909. The van der Waals surface area contributed by atoms with Gasteiger partial charge in [0.05, 0.1) is 0 Å². The number of hydrogen-bond donors (Lipinski definition) is 0. The van der Waals surface area contributed by atoms with Crippen molar-refractivity contribution in [1.82, 2.24) is 0 Å². The van der Waals surface area contributed by atoms with Gasteiger partial charge in [0.2, 0.25) is 0 Å². The minimum absolute atomic E-state index is 0.0819. The molecule has 0 spiro atoms. The Morgan fingerprint density at radius 2 is 0.610 bits per heavy atom. The first-order valence-corrected chi connectivity index (χ1v) is 25.1. The van der Waals surface area contributed by atoms with Gasteiger partial charge in [-0.1, -0.05) is 198 Å². The molecule has 0 aromatic heterocycles. The van der Waals surface area contributed by atoms with Crippen LogP contribution in [0.4, 0.5) is 0 Å². The summed E-state index contributed by atoms with van der Waals surface area (Å²) in [7, 11) is 0. The minimum Gasteiger partial charge on any atom is -0.462 e. The third kappa shape index (κ3) is 46.3. The molecule has 0 N–H and O–H groups in total. The zero-order valence-corrected chi connectivity index (χ0v) is 39.0. The maximum Gasteiger partial charge on any atom is 0.306 e. The molecule has 0 aliphatic rings. The summed E-state index contributed by atoms with van der Waals surface area (Å²) in [6.45, 7) is 6.57. The largest absolute Gasteiger partial charge is 0.462 e. The molecule has 6 heteroatoms. The lowest BCUT2D eigenvalue weighted by atomic mass is 10.1. The highest BCUT2D eigenvalue weighted by Gasteiger charge is 2.19. The predicted molar refractivity (Wildman–Crippen MR) is 252 cm³/mol. The number of allylic oxidation sites excluding steroid dienone is 8. The van der Waals surface area contributed by atoms with Gasteiger partial charge in [-0.15, -0.1) is 0 Å².